The minimum atomic E-state index is -0.520. The molecule has 0 atom stereocenters. The fraction of sp³-hybridized carbons (Fsp3) is 0.310. The van der Waals surface area contributed by atoms with E-state index in [1.54, 1.807) is 6.07 Å². The lowest BCUT2D eigenvalue weighted by Crippen LogP contribution is -2.34. The minimum Gasteiger partial charge on any atom is -0.366 e. The molecule has 2 N–H and O–H groups in total. The average Bonchev–Trinajstić information content (AvgIpc) is 2.83. The molecule has 0 bridgehead atoms. The van der Waals surface area contributed by atoms with Crippen LogP contribution < -0.4 is 15.5 Å². The molecule has 5 heteroatoms. The van der Waals surface area contributed by atoms with E-state index in [0.717, 1.165) is 31.6 Å². The molecule has 5 nitrogen and oxygen atoms in total. The third-order valence-corrected chi connectivity index (χ3v) is 6.19. The van der Waals surface area contributed by atoms with Crippen molar-refractivity contribution in [2.75, 3.05) is 23.3 Å². The SMILES string of the molecule is CC(C)(C)C(=O)Nc1ccc(N2CCc3ccccc3C2)c(C(=O)NCCc2ccccc2)c1. The Labute approximate surface area is 202 Å². The van der Waals surface area contributed by atoms with Crippen molar-refractivity contribution in [3.63, 3.8) is 0 Å². The van der Waals surface area contributed by atoms with Crippen molar-refractivity contribution in [2.45, 2.75) is 40.2 Å². The normalized spacial score (nSPS) is 13.2. The average molecular weight is 456 g/mol. The summed E-state index contributed by atoms with van der Waals surface area (Å²) in [5.41, 5.74) is 5.42. The van der Waals surface area contributed by atoms with Gasteiger partial charge in [-0.25, -0.2) is 0 Å². The third-order valence-electron chi connectivity index (χ3n) is 6.19. The van der Waals surface area contributed by atoms with Crippen LogP contribution >= 0.6 is 0 Å². The van der Waals surface area contributed by atoms with Crippen LogP contribution in [0.2, 0.25) is 0 Å². The van der Waals surface area contributed by atoms with Crippen molar-refractivity contribution in [2.24, 2.45) is 5.41 Å². The number of carbonyl (C=O) groups is 2. The van der Waals surface area contributed by atoms with Crippen LogP contribution in [0.3, 0.4) is 0 Å². The molecule has 2 amide bonds. The zero-order valence-electron chi connectivity index (χ0n) is 20.2. The molecule has 1 aliphatic rings. The summed E-state index contributed by atoms with van der Waals surface area (Å²) in [5, 5.41) is 6.05. The second-order valence-electron chi connectivity index (χ2n) is 9.87. The summed E-state index contributed by atoms with van der Waals surface area (Å²) in [6.45, 7) is 7.77. The maximum atomic E-state index is 13.3. The second kappa shape index (κ2) is 10.1. The van der Waals surface area contributed by atoms with Crippen LogP contribution in [0, 0.1) is 5.41 Å². The summed E-state index contributed by atoms with van der Waals surface area (Å²) in [6, 6.07) is 24.2. The number of hydrogen-bond acceptors (Lipinski definition) is 3. The lowest BCUT2D eigenvalue weighted by molar-refractivity contribution is -0.123. The molecule has 3 aromatic rings. The maximum absolute atomic E-state index is 13.3. The van der Waals surface area contributed by atoms with E-state index in [0.29, 0.717) is 17.8 Å². The Morgan fingerprint density at radius 3 is 2.35 bits per heavy atom. The highest BCUT2D eigenvalue weighted by Crippen LogP contribution is 2.30. The van der Waals surface area contributed by atoms with Crippen molar-refractivity contribution < 1.29 is 9.59 Å². The van der Waals surface area contributed by atoms with Crippen molar-refractivity contribution >= 4 is 23.2 Å². The smallest absolute Gasteiger partial charge is 0.253 e. The number of fused-ring (bicyclic) bond motifs is 1. The first-order valence-electron chi connectivity index (χ1n) is 11.9. The Bertz CT molecular complexity index is 1170. The van der Waals surface area contributed by atoms with Crippen LogP contribution in [0.25, 0.3) is 0 Å². The van der Waals surface area contributed by atoms with Gasteiger partial charge < -0.3 is 15.5 Å². The Balaban J connectivity index is 1.57. The Kier molecular flexibility index (Phi) is 7.01. The van der Waals surface area contributed by atoms with E-state index in [1.165, 1.54) is 16.7 Å². The van der Waals surface area contributed by atoms with Gasteiger partial charge in [-0.2, -0.15) is 0 Å². The van der Waals surface area contributed by atoms with Gasteiger partial charge in [0.2, 0.25) is 5.91 Å². The van der Waals surface area contributed by atoms with Gasteiger partial charge in [-0.05, 0) is 47.7 Å². The minimum absolute atomic E-state index is 0.0809. The van der Waals surface area contributed by atoms with E-state index in [-0.39, 0.29) is 11.8 Å². The Morgan fingerprint density at radius 2 is 1.62 bits per heavy atom. The summed E-state index contributed by atoms with van der Waals surface area (Å²) in [4.78, 5) is 28.1. The van der Waals surface area contributed by atoms with Gasteiger partial charge in [-0.15, -0.1) is 0 Å². The largest absolute Gasteiger partial charge is 0.366 e. The van der Waals surface area contributed by atoms with Crippen molar-refractivity contribution in [3.8, 4) is 0 Å². The number of amides is 2. The molecule has 0 saturated heterocycles. The number of nitrogens with zero attached hydrogens (tertiary/aromatic N) is 1. The van der Waals surface area contributed by atoms with E-state index in [2.05, 4.69) is 51.9 Å². The fourth-order valence-corrected chi connectivity index (χ4v) is 4.15. The van der Waals surface area contributed by atoms with Crippen LogP contribution in [-0.4, -0.2) is 24.9 Å². The number of anilines is 2. The first kappa shape index (κ1) is 23.6. The van der Waals surface area contributed by atoms with E-state index >= 15 is 0 Å². The van der Waals surface area contributed by atoms with E-state index in [1.807, 2.05) is 51.1 Å². The first-order valence-corrected chi connectivity index (χ1v) is 11.9. The quantitative estimate of drug-likeness (QED) is 0.537. The van der Waals surface area contributed by atoms with Crippen LogP contribution in [0.1, 0.15) is 47.8 Å². The molecule has 0 fully saturated rings. The van der Waals surface area contributed by atoms with Gasteiger partial charge in [-0.3, -0.25) is 9.59 Å². The number of benzene rings is 3. The van der Waals surface area contributed by atoms with Crippen LogP contribution in [0.4, 0.5) is 11.4 Å². The highest BCUT2D eigenvalue weighted by atomic mass is 16.2. The molecule has 1 aliphatic heterocycles. The number of hydrogen-bond donors (Lipinski definition) is 2. The van der Waals surface area contributed by atoms with E-state index < -0.39 is 5.41 Å². The Morgan fingerprint density at radius 1 is 0.912 bits per heavy atom. The molecule has 0 aromatic heterocycles. The lowest BCUT2D eigenvalue weighted by Gasteiger charge is -2.32. The van der Waals surface area contributed by atoms with Gasteiger partial charge in [0.25, 0.3) is 5.91 Å². The lowest BCUT2D eigenvalue weighted by atomic mass is 9.95. The van der Waals surface area contributed by atoms with Gasteiger partial charge in [0, 0.05) is 36.4 Å². The molecule has 0 radical (unpaired) electrons. The highest BCUT2D eigenvalue weighted by molar-refractivity contribution is 6.02. The predicted octanol–water partition coefficient (Wildman–Crippen LogP) is 5.21. The van der Waals surface area contributed by atoms with E-state index in [4.69, 9.17) is 0 Å². The molecule has 1 heterocycles. The fourth-order valence-electron chi connectivity index (χ4n) is 4.15. The second-order valence-corrected chi connectivity index (χ2v) is 9.87. The summed E-state index contributed by atoms with van der Waals surface area (Å²) in [7, 11) is 0. The summed E-state index contributed by atoms with van der Waals surface area (Å²) in [5.74, 6) is -0.209. The molecule has 3 aromatic carbocycles. The van der Waals surface area contributed by atoms with Crippen LogP contribution in [-0.2, 0) is 24.2 Å². The standard InChI is InChI=1S/C29H33N3O2/c1-29(2,3)28(34)31-24-13-14-26(32-18-16-22-11-7-8-12-23(22)20-32)25(19-24)27(33)30-17-15-21-9-5-4-6-10-21/h4-14,19H,15-18,20H2,1-3H3,(H,30,33)(H,31,34). The number of nitrogens with one attached hydrogen (secondary N) is 2. The summed E-state index contributed by atoms with van der Waals surface area (Å²) < 4.78 is 0. The van der Waals surface area contributed by atoms with E-state index in [9.17, 15) is 9.59 Å². The molecule has 0 aliphatic carbocycles. The molecule has 0 saturated carbocycles. The van der Waals surface area contributed by atoms with Gasteiger partial charge in [0.1, 0.15) is 0 Å². The third kappa shape index (κ3) is 5.66. The predicted molar refractivity (Wildman–Crippen MR) is 138 cm³/mol. The molecule has 4 rings (SSSR count). The topological polar surface area (TPSA) is 61.4 Å². The molecule has 176 valence electrons. The van der Waals surface area contributed by atoms with Crippen LogP contribution in [0.15, 0.2) is 72.8 Å². The van der Waals surface area contributed by atoms with Crippen molar-refractivity contribution in [1.29, 1.82) is 0 Å². The molecule has 0 spiro atoms. The molecular formula is C29H33N3O2. The Hall–Kier alpha value is -3.60. The molecule has 34 heavy (non-hydrogen) atoms. The van der Waals surface area contributed by atoms with Crippen molar-refractivity contribution in [3.05, 3.63) is 95.1 Å². The zero-order valence-corrected chi connectivity index (χ0v) is 20.2. The van der Waals surface area contributed by atoms with Gasteiger partial charge in [0.05, 0.1) is 5.56 Å². The highest BCUT2D eigenvalue weighted by Gasteiger charge is 2.24. The van der Waals surface area contributed by atoms with Crippen LogP contribution in [0.5, 0.6) is 0 Å². The molecular weight excluding hydrogens is 422 g/mol. The zero-order chi connectivity index (χ0) is 24.1. The van der Waals surface area contributed by atoms with Crippen molar-refractivity contribution in [1.82, 2.24) is 5.32 Å². The van der Waals surface area contributed by atoms with Gasteiger partial charge in [-0.1, -0.05) is 75.4 Å². The van der Waals surface area contributed by atoms with Gasteiger partial charge in [0.15, 0.2) is 0 Å². The summed E-state index contributed by atoms with van der Waals surface area (Å²) >= 11 is 0. The maximum Gasteiger partial charge on any atom is 0.253 e. The molecule has 0 unspecified atom stereocenters. The summed E-state index contributed by atoms with van der Waals surface area (Å²) in [6.07, 6.45) is 1.70. The van der Waals surface area contributed by atoms with Gasteiger partial charge >= 0.3 is 0 Å². The number of carbonyl (C=O) groups excluding carboxylic acids is 2. The first-order chi connectivity index (χ1) is 16.3. The monoisotopic (exact) mass is 455 g/mol. The number of rotatable bonds is 6.